The van der Waals surface area contributed by atoms with E-state index in [1.165, 1.54) is 41.1 Å². The van der Waals surface area contributed by atoms with Crippen molar-refractivity contribution in [2.24, 2.45) is 0 Å². The summed E-state index contributed by atoms with van der Waals surface area (Å²) in [7, 11) is 3.91. The van der Waals surface area contributed by atoms with Gasteiger partial charge in [-0.25, -0.2) is 0 Å². The maximum Gasteiger partial charge on any atom is 0.248 e. The Hall–Kier alpha value is -2.18. The summed E-state index contributed by atoms with van der Waals surface area (Å²) in [6.45, 7) is 9.04. The quantitative estimate of drug-likeness (QED) is 0.268. The van der Waals surface area contributed by atoms with Crippen LogP contribution >= 0.6 is 11.8 Å². The molecule has 0 aromatic carbocycles. The highest BCUT2D eigenvalue weighted by Crippen LogP contribution is 2.22. The van der Waals surface area contributed by atoms with E-state index in [0.717, 1.165) is 43.6 Å². The van der Waals surface area contributed by atoms with Crippen molar-refractivity contribution >= 4 is 29.2 Å². The zero-order valence-electron chi connectivity index (χ0n) is 19.7. The number of carbonyl (C=O) groups excluding carboxylic acids is 3. The maximum atomic E-state index is 12.3. The number of ketones is 2. The molecule has 0 aromatic heterocycles. The molecule has 1 aliphatic rings. The van der Waals surface area contributed by atoms with E-state index in [1.54, 1.807) is 0 Å². The lowest BCUT2D eigenvalue weighted by molar-refractivity contribution is -0.119. The molecule has 0 bridgehead atoms. The first-order valence-electron chi connectivity index (χ1n) is 10.6. The molecule has 0 unspecified atom stereocenters. The number of carbonyl (C=O) groups is 3. The van der Waals surface area contributed by atoms with Gasteiger partial charge in [-0.2, -0.15) is 0 Å². The van der Waals surface area contributed by atoms with Gasteiger partial charge < -0.3 is 10.2 Å². The summed E-state index contributed by atoms with van der Waals surface area (Å²) in [5.74, 6) is -0.251. The number of thioether (sulfide) groups is 1. The minimum Gasteiger partial charge on any atom is -0.319 e. The number of allylic oxidation sites excluding steroid dienone is 8. The molecule has 0 spiro atoms. The monoisotopic (exact) mass is 444 g/mol. The molecule has 1 N–H and O–H groups in total. The topological polar surface area (TPSA) is 66.5 Å². The molecule has 5 nitrogen and oxygen atoms in total. The Kier molecular flexibility index (Phi) is 12.1. The molecule has 6 heteroatoms. The second-order valence-corrected chi connectivity index (χ2v) is 9.47. The highest BCUT2D eigenvalue weighted by atomic mass is 32.2. The van der Waals surface area contributed by atoms with Gasteiger partial charge in [0.1, 0.15) is 0 Å². The lowest BCUT2D eigenvalue weighted by Crippen LogP contribution is -2.28. The molecule has 0 saturated carbocycles. The van der Waals surface area contributed by atoms with Gasteiger partial charge in [0.15, 0.2) is 5.78 Å². The second kappa shape index (κ2) is 14.0. The fourth-order valence-electron chi connectivity index (χ4n) is 2.79. The molecule has 0 aromatic rings. The first-order valence-corrected chi connectivity index (χ1v) is 11.6. The Labute approximate surface area is 191 Å². The van der Waals surface area contributed by atoms with Gasteiger partial charge >= 0.3 is 0 Å². The summed E-state index contributed by atoms with van der Waals surface area (Å²) in [5.41, 5.74) is 3.64. The standard InChI is InChI=1S/C25H36N2O3S/c1-18(2)9-7-10-19(3)11-8-12-20(4)15-25(30)26-21-16-23(29)24(17-22(21)28)31-14-13-27(5)6/h9,11,15-17H,7-8,10,12-14H2,1-6H3,(H,26,30). The minimum absolute atomic E-state index is 0.0334. The fraction of sp³-hybridized carbons (Fsp3) is 0.480. The van der Waals surface area contributed by atoms with Crippen LogP contribution < -0.4 is 5.32 Å². The predicted molar refractivity (Wildman–Crippen MR) is 131 cm³/mol. The van der Waals surface area contributed by atoms with Gasteiger partial charge in [-0.05, 0) is 67.5 Å². The van der Waals surface area contributed by atoms with E-state index in [2.05, 4.69) is 38.2 Å². The van der Waals surface area contributed by atoms with Crippen LogP contribution in [-0.4, -0.2) is 48.8 Å². The van der Waals surface area contributed by atoms with E-state index in [4.69, 9.17) is 0 Å². The van der Waals surface area contributed by atoms with Crippen molar-refractivity contribution < 1.29 is 14.4 Å². The number of rotatable bonds is 12. The molecule has 0 heterocycles. The van der Waals surface area contributed by atoms with Crippen molar-refractivity contribution in [1.29, 1.82) is 0 Å². The van der Waals surface area contributed by atoms with Crippen molar-refractivity contribution in [3.05, 3.63) is 57.7 Å². The first kappa shape index (κ1) is 26.9. The number of nitrogens with one attached hydrogen (secondary N) is 1. The summed E-state index contributed by atoms with van der Waals surface area (Å²) in [6.07, 6.45) is 12.2. The van der Waals surface area contributed by atoms with Gasteiger partial charge in [-0.15, -0.1) is 11.8 Å². The van der Waals surface area contributed by atoms with Gasteiger partial charge in [0.25, 0.3) is 0 Å². The second-order valence-electron chi connectivity index (χ2n) is 8.34. The Morgan fingerprint density at radius 1 is 0.968 bits per heavy atom. The van der Waals surface area contributed by atoms with Gasteiger partial charge in [0, 0.05) is 30.5 Å². The van der Waals surface area contributed by atoms with Crippen LogP contribution in [0.3, 0.4) is 0 Å². The van der Waals surface area contributed by atoms with Gasteiger partial charge in [-0.3, -0.25) is 14.4 Å². The van der Waals surface area contributed by atoms with Crippen LogP contribution in [-0.2, 0) is 14.4 Å². The zero-order valence-corrected chi connectivity index (χ0v) is 20.5. The summed E-state index contributed by atoms with van der Waals surface area (Å²) < 4.78 is 0. The molecular weight excluding hydrogens is 408 g/mol. The van der Waals surface area contributed by atoms with Crippen LogP contribution in [0.1, 0.15) is 53.4 Å². The number of hydrogen-bond acceptors (Lipinski definition) is 5. The lowest BCUT2D eigenvalue weighted by atomic mass is 10.1. The zero-order chi connectivity index (χ0) is 23.4. The molecule has 1 rings (SSSR count). The summed E-state index contributed by atoms with van der Waals surface area (Å²) >= 11 is 1.36. The molecule has 0 atom stereocenters. The summed E-state index contributed by atoms with van der Waals surface area (Å²) in [6, 6.07) is 0. The van der Waals surface area contributed by atoms with Crippen LogP contribution in [0.4, 0.5) is 0 Å². The first-order chi connectivity index (χ1) is 14.6. The van der Waals surface area contributed by atoms with Crippen LogP contribution in [0.25, 0.3) is 0 Å². The normalized spacial score (nSPS) is 15.1. The highest BCUT2D eigenvalue weighted by molar-refractivity contribution is 8.04. The molecule has 0 saturated heterocycles. The summed E-state index contributed by atoms with van der Waals surface area (Å²) in [5, 5.41) is 2.55. The molecule has 0 fully saturated rings. The average molecular weight is 445 g/mol. The van der Waals surface area contributed by atoms with E-state index >= 15 is 0 Å². The van der Waals surface area contributed by atoms with E-state index < -0.39 is 0 Å². The van der Waals surface area contributed by atoms with Crippen molar-refractivity contribution in [3.8, 4) is 0 Å². The third kappa shape index (κ3) is 11.7. The summed E-state index contributed by atoms with van der Waals surface area (Å²) in [4.78, 5) is 39.2. The Morgan fingerprint density at radius 2 is 1.61 bits per heavy atom. The van der Waals surface area contributed by atoms with Crippen molar-refractivity contribution in [1.82, 2.24) is 10.2 Å². The Morgan fingerprint density at radius 3 is 2.26 bits per heavy atom. The molecule has 0 aliphatic heterocycles. The predicted octanol–water partition coefficient (Wildman–Crippen LogP) is 4.74. The van der Waals surface area contributed by atoms with Crippen LogP contribution in [0, 0.1) is 0 Å². The third-order valence-electron chi connectivity index (χ3n) is 4.60. The smallest absolute Gasteiger partial charge is 0.248 e. The molecule has 31 heavy (non-hydrogen) atoms. The Bertz CT molecular complexity index is 826. The Balaban J connectivity index is 2.52. The largest absolute Gasteiger partial charge is 0.319 e. The van der Waals surface area contributed by atoms with Crippen molar-refractivity contribution in [2.45, 2.75) is 53.4 Å². The van der Waals surface area contributed by atoms with Gasteiger partial charge in [-0.1, -0.05) is 28.9 Å². The number of amides is 1. The van der Waals surface area contributed by atoms with Crippen molar-refractivity contribution in [2.75, 3.05) is 26.4 Å². The number of hydrogen-bond donors (Lipinski definition) is 1. The lowest BCUT2D eigenvalue weighted by Gasteiger charge is -2.13. The van der Waals surface area contributed by atoms with E-state index in [0.29, 0.717) is 4.91 Å². The SMILES string of the molecule is CC(C)=CCCC(C)=CCCC(C)=CC(=O)NC1=CC(=O)C(SCCN(C)C)=CC1=O. The number of nitrogens with zero attached hydrogens (tertiary/aromatic N) is 1. The van der Waals surface area contributed by atoms with Crippen LogP contribution in [0.5, 0.6) is 0 Å². The van der Waals surface area contributed by atoms with E-state index in [-0.39, 0.29) is 23.2 Å². The van der Waals surface area contributed by atoms with E-state index in [1.807, 2.05) is 25.9 Å². The van der Waals surface area contributed by atoms with Crippen molar-refractivity contribution in [3.63, 3.8) is 0 Å². The third-order valence-corrected chi connectivity index (χ3v) is 5.62. The van der Waals surface area contributed by atoms with Gasteiger partial charge in [0.2, 0.25) is 11.7 Å². The molecule has 1 amide bonds. The van der Waals surface area contributed by atoms with Crippen LogP contribution in [0.15, 0.2) is 57.7 Å². The fourth-order valence-corrected chi connectivity index (χ4v) is 3.86. The average Bonchev–Trinajstić information content (AvgIpc) is 2.64. The minimum atomic E-state index is -0.383. The maximum absolute atomic E-state index is 12.3. The van der Waals surface area contributed by atoms with Crippen LogP contribution in [0.2, 0.25) is 0 Å². The molecular formula is C25H36N2O3S. The van der Waals surface area contributed by atoms with E-state index in [9.17, 15) is 14.4 Å². The van der Waals surface area contributed by atoms with Gasteiger partial charge in [0.05, 0.1) is 10.6 Å². The highest BCUT2D eigenvalue weighted by Gasteiger charge is 2.21. The molecule has 1 aliphatic carbocycles. The molecule has 170 valence electrons. The molecule has 0 radical (unpaired) electrons.